The monoisotopic (exact) mass is 253 g/mol. The Kier molecular flexibility index (Phi) is 4.39. The minimum atomic E-state index is 0.121. The van der Waals surface area contributed by atoms with Crippen LogP contribution in [0.4, 0.5) is 0 Å². The van der Waals surface area contributed by atoms with Crippen LogP contribution >= 0.6 is 0 Å². The van der Waals surface area contributed by atoms with Crippen LogP contribution in [0.5, 0.6) is 0 Å². The Bertz CT molecular complexity index is 448. The van der Waals surface area contributed by atoms with Crippen LogP contribution in [-0.4, -0.2) is 5.54 Å². The molecule has 0 aromatic heterocycles. The van der Waals surface area contributed by atoms with Gasteiger partial charge in [0, 0.05) is 5.54 Å². The van der Waals surface area contributed by atoms with Crippen LogP contribution < -0.4 is 5.32 Å². The SMILES string of the molecule is CCC(C)(C)NC(c1ccccc1)c1ccccc1. The van der Waals surface area contributed by atoms with Crippen molar-refractivity contribution >= 4 is 0 Å². The predicted octanol–water partition coefficient (Wildman–Crippen LogP) is 4.55. The van der Waals surface area contributed by atoms with Crippen LogP contribution in [0.1, 0.15) is 44.4 Å². The first-order valence-corrected chi connectivity index (χ1v) is 7.00. The van der Waals surface area contributed by atoms with Crippen LogP contribution in [0, 0.1) is 0 Å². The van der Waals surface area contributed by atoms with E-state index >= 15 is 0 Å². The number of nitrogens with one attached hydrogen (secondary N) is 1. The molecule has 0 heterocycles. The summed E-state index contributed by atoms with van der Waals surface area (Å²) in [7, 11) is 0. The van der Waals surface area contributed by atoms with Crippen LogP contribution in [-0.2, 0) is 0 Å². The second kappa shape index (κ2) is 6.03. The molecule has 0 aliphatic rings. The maximum atomic E-state index is 3.78. The first-order valence-electron chi connectivity index (χ1n) is 7.00. The third kappa shape index (κ3) is 3.68. The zero-order valence-corrected chi connectivity index (χ0v) is 12.1. The molecule has 0 radical (unpaired) electrons. The highest BCUT2D eigenvalue weighted by Crippen LogP contribution is 2.25. The van der Waals surface area contributed by atoms with Crippen molar-refractivity contribution in [1.29, 1.82) is 0 Å². The molecule has 0 saturated carbocycles. The van der Waals surface area contributed by atoms with Crippen LogP contribution in [0.3, 0.4) is 0 Å². The molecular weight excluding hydrogens is 230 g/mol. The lowest BCUT2D eigenvalue weighted by Crippen LogP contribution is -2.41. The molecule has 0 aliphatic carbocycles. The first-order chi connectivity index (χ1) is 9.12. The Labute approximate surface area is 116 Å². The zero-order valence-electron chi connectivity index (χ0n) is 12.1. The molecule has 0 saturated heterocycles. The van der Waals surface area contributed by atoms with Gasteiger partial charge in [0.2, 0.25) is 0 Å². The van der Waals surface area contributed by atoms with Gasteiger partial charge in [-0.2, -0.15) is 0 Å². The average Bonchev–Trinajstić information content (AvgIpc) is 2.47. The number of benzene rings is 2. The number of hydrogen-bond donors (Lipinski definition) is 1. The van der Waals surface area contributed by atoms with E-state index in [0.29, 0.717) is 0 Å². The molecule has 2 rings (SSSR count). The third-order valence-corrected chi connectivity index (χ3v) is 3.68. The van der Waals surface area contributed by atoms with Crippen molar-refractivity contribution in [2.75, 3.05) is 0 Å². The highest BCUT2D eigenvalue weighted by Gasteiger charge is 2.22. The normalized spacial score (nSPS) is 11.8. The van der Waals surface area contributed by atoms with E-state index in [4.69, 9.17) is 0 Å². The summed E-state index contributed by atoms with van der Waals surface area (Å²) in [5.74, 6) is 0. The summed E-state index contributed by atoms with van der Waals surface area (Å²) in [6.45, 7) is 6.73. The van der Waals surface area contributed by atoms with Gasteiger partial charge in [0.25, 0.3) is 0 Å². The van der Waals surface area contributed by atoms with Crippen molar-refractivity contribution in [3.05, 3.63) is 71.8 Å². The lowest BCUT2D eigenvalue weighted by Gasteiger charge is -2.31. The van der Waals surface area contributed by atoms with Crippen molar-refractivity contribution in [2.24, 2.45) is 0 Å². The van der Waals surface area contributed by atoms with Gasteiger partial charge in [-0.3, -0.25) is 0 Å². The van der Waals surface area contributed by atoms with Crippen LogP contribution in [0.25, 0.3) is 0 Å². The third-order valence-electron chi connectivity index (χ3n) is 3.68. The second-order valence-electron chi connectivity index (χ2n) is 5.64. The summed E-state index contributed by atoms with van der Waals surface area (Å²) in [5.41, 5.74) is 2.75. The van der Waals surface area contributed by atoms with Gasteiger partial charge >= 0.3 is 0 Å². The summed E-state index contributed by atoms with van der Waals surface area (Å²) in [5, 5.41) is 3.78. The van der Waals surface area contributed by atoms with E-state index in [9.17, 15) is 0 Å². The van der Waals surface area contributed by atoms with E-state index in [1.165, 1.54) is 11.1 Å². The fourth-order valence-electron chi connectivity index (χ4n) is 2.14. The van der Waals surface area contributed by atoms with Gasteiger partial charge in [0.15, 0.2) is 0 Å². The summed E-state index contributed by atoms with van der Waals surface area (Å²) in [6, 6.07) is 21.6. The van der Waals surface area contributed by atoms with E-state index in [-0.39, 0.29) is 11.6 Å². The van der Waals surface area contributed by atoms with Gasteiger partial charge in [0.1, 0.15) is 0 Å². The van der Waals surface area contributed by atoms with Gasteiger partial charge in [0.05, 0.1) is 6.04 Å². The Morgan fingerprint density at radius 2 is 1.26 bits per heavy atom. The van der Waals surface area contributed by atoms with Crippen molar-refractivity contribution in [3.8, 4) is 0 Å². The Balaban J connectivity index is 2.35. The highest BCUT2D eigenvalue weighted by molar-refractivity contribution is 5.32. The van der Waals surface area contributed by atoms with Crippen LogP contribution in [0.2, 0.25) is 0 Å². The topological polar surface area (TPSA) is 12.0 Å². The maximum Gasteiger partial charge on any atom is 0.0580 e. The Morgan fingerprint density at radius 3 is 1.63 bits per heavy atom. The molecule has 0 spiro atoms. The molecule has 0 unspecified atom stereocenters. The summed E-state index contributed by atoms with van der Waals surface area (Å²) < 4.78 is 0. The molecule has 1 nitrogen and oxygen atoms in total. The Hall–Kier alpha value is -1.60. The molecule has 0 fully saturated rings. The molecule has 19 heavy (non-hydrogen) atoms. The van der Waals surface area contributed by atoms with E-state index in [1.54, 1.807) is 0 Å². The molecule has 0 amide bonds. The number of hydrogen-bond acceptors (Lipinski definition) is 1. The summed E-state index contributed by atoms with van der Waals surface area (Å²) in [4.78, 5) is 0. The standard InChI is InChI=1S/C18H23N/c1-4-18(2,3)19-17(15-11-7-5-8-12-15)16-13-9-6-10-14-16/h5-14,17,19H,4H2,1-3H3. The van der Waals surface area contributed by atoms with E-state index < -0.39 is 0 Å². The lowest BCUT2D eigenvalue weighted by atomic mass is 9.93. The van der Waals surface area contributed by atoms with Crippen molar-refractivity contribution in [1.82, 2.24) is 5.32 Å². The summed E-state index contributed by atoms with van der Waals surface area (Å²) in [6.07, 6.45) is 1.10. The highest BCUT2D eigenvalue weighted by atomic mass is 15.0. The van der Waals surface area contributed by atoms with E-state index in [2.05, 4.69) is 86.8 Å². The molecule has 0 aliphatic heterocycles. The average molecular weight is 253 g/mol. The Morgan fingerprint density at radius 1 is 0.842 bits per heavy atom. The quantitative estimate of drug-likeness (QED) is 0.824. The fraction of sp³-hybridized carbons (Fsp3) is 0.333. The van der Waals surface area contributed by atoms with Gasteiger partial charge in [-0.05, 0) is 31.4 Å². The van der Waals surface area contributed by atoms with E-state index in [1.807, 2.05) is 0 Å². The molecule has 100 valence electrons. The smallest absolute Gasteiger partial charge is 0.0580 e. The van der Waals surface area contributed by atoms with Crippen molar-refractivity contribution < 1.29 is 0 Å². The molecule has 1 N–H and O–H groups in total. The molecule has 1 heteroatoms. The second-order valence-corrected chi connectivity index (χ2v) is 5.64. The summed E-state index contributed by atoms with van der Waals surface area (Å²) >= 11 is 0. The van der Waals surface area contributed by atoms with Crippen LogP contribution in [0.15, 0.2) is 60.7 Å². The zero-order chi connectivity index (χ0) is 13.7. The van der Waals surface area contributed by atoms with Crippen molar-refractivity contribution in [3.63, 3.8) is 0 Å². The predicted molar refractivity (Wildman–Crippen MR) is 82.2 cm³/mol. The maximum absolute atomic E-state index is 3.78. The van der Waals surface area contributed by atoms with Gasteiger partial charge in [-0.1, -0.05) is 67.6 Å². The van der Waals surface area contributed by atoms with Gasteiger partial charge < -0.3 is 5.32 Å². The van der Waals surface area contributed by atoms with Gasteiger partial charge in [-0.25, -0.2) is 0 Å². The minimum absolute atomic E-state index is 0.121. The minimum Gasteiger partial charge on any atom is -0.301 e. The molecular formula is C18H23N. The lowest BCUT2D eigenvalue weighted by molar-refractivity contribution is 0.348. The number of rotatable bonds is 5. The largest absolute Gasteiger partial charge is 0.301 e. The fourth-order valence-corrected chi connectivity index (χ4v) is 2.14. The van der Waals surface area contributed by atoms with E-state index in [0.717, 1.165) is 6.42 Å². The molecule has 0 bridgehead atoms. The molecule has 2 aromatic carbocycles. The van der Waals surface area contributed by atoms with Crippen molar-refractivity contribution in [2.45, 2.75) is 38.8 Å². The molecule has 0 atom stereocenters. The van der Waals surface area contributed by atoms with Gasteiger partial charge in [-0.15, -0.1) is 0 Å². The first kappa shape index (κ1) is 13.8. The molecule has 2 aromatic rings.